The Bertz CT molecular complexity index is 483. The highest BCUT2D eigenvalue weighted by molar-refractivity contribution is 6.30. The topological polar surface area (TPSA) is 24.9 Å². The van der Waals surface area contributed by atoms with Crippen LogP contribution in [0.2, 0.25) is 5.15 Å². The number of anilines is 1. The maximum atomic E-state index is 5.95. The maximum absolute atomic E-state index is 5.95. The zero-order valence-corrected chi connectivity index (χ0v) is 11.6. The Hall–Kier alpha value is -1.02. The van der Waals surface area contributed by atoms with Crippen molar-refractivity contribution in [3.05, 3.63) is 35.1 Å². The third-order valence-corrected chi connectivity index (χ3v) is 4.78. The molecular weight excluding hydrogens is 244 g/mol. The lowest BCUT2D eigenvalue weighted by molar-refractivity contribution is 0.400. The minimum atomic E-state index is 0.493. The van der Waals surface area contributed by atoms with Gasteiger partial charge in [0, 0.05) is 6.04 Å². The molecule has 1 aromatic heterocycles. The van der Waals surface area contributed by atoms with Crippen molar-refractivity contribution in [1.82, 2.24) is 4.98 Å². The second-order valence-corrected chi connectivity index (χ2v) is 6.07. The number of rotatable bonds is 3. The van der Waals surface area contributed by atoms with Crippen LogP contribution in [0, 0.1) is 24.7 Å². The van der Waals surface area contributed by atoms with Gasteiger partial charge in [-0.2, -0.15) is 0 Å². The maximum Gasteiger partial charge on any atom is 0.132 e. The fourth-order valence-corrected chi connectivity index (χ4v) is 3.51. The van der Waals surface area contributed by atoms with Crippen molar-refractivity contribution in [2.45, 2.75) is 32.7 Å². The number of aryl methyl sites for hydroxylation is 1. The van der Waals surface area contributed by atoms with Gasteiger partial charge in [-0.1, -0.05) is 23.8 Å². The molecule has 0 spiro atoms. The Morgan fingerprint density at radius 3 is 2.83 bits per heavy atom. The van der Waals surface area contributed by atoms with Crippen LogP contribution in [0.5, 0.6) is 0 Å². The van der Waals surface area contributed by atoms with E-state index in [0.29, 0.717) is 11.2 Å². The minimum absolute atomic E-state index is 0.493. The first-order valence-corrected chi connectivity index (χ1v) is 7.08. The molecule has 0 aromatic carbocycles. The van der Waals surface area contributed by atoms with E-state index < -0.39 is 0 Å². The Morgan fingerprint density at radius 2 is 2.22 bits per heavy atom. The lowest BCUT2D eigenvalue weighted by Gasteiger charge is -2.27. The number of hydrogen-bond acceptors (Lipinski definition) is 2. The van der Waals surface area contributed by atoms with E-state index in [2.05, 4.69) is 35.4 Å². The predicted octanol–water partition coefficient (Wildman–Crippen LogP) is 4.06. The van der Waals surface area contributed by atoms with Crippen LogP contribution < -0.4 is 5.32 Å². The number of hydrogen-bond donors (Lipinski definition) is 1. The summed E-state index contributed by atoms with van der Waals surface area (Å²) in [7, 11) is 0. The van der Waals surface area contributed by atoms with Crippen molar-refractivity contribution in [3.63, 3.8) is 0 Å². The van der Waals surface area contributed by atoms with Crippen molar-refractivity contribution in [2.24, 2.45) is 17.8 Å². The summed E-state index contributed by atoms with van der Waals surface area (Å²) in [6.45, 7) is 4.27. The highest BCUT2D eigenvalue weighted by Crippen LogP contribution is 2.45. The van der Waals surface area contributed by atoms with Crippen LogP contribution in [0.3, 0.4) is 0 Å². The molecule has 0 saturated heterocycles. The van der Waals surface area contributed by atoms with Crippen molar-refractivity contribution >= 4 is 17.3 Å². The second-order valence-electron chi connectivity index (χ2n) is 5.71. The highest BCUT2D eigenvalue weighted by Gasteiger charge is 2.38. The third kappa shape index (κ3) is 2.14. The molecule has 2 aliphatic rings. The molecule has 0 aliphatic heterocycles. The first-order chi connectivity index (χ1) is 8.63. The Balaban J connectivity index is 1.69. The number of aromatic nitrogens is 1. The molecule has 1 aromatic rings. The molecule has 0 radical (unpaired) electrons. The zero-order chi connectivity index (χ0) is 12.7. The summed E-state index contributed by atoms with van der Waals surface area (Å²) in [4.78, 5) is 4.20. The van der Waals surface area contributed by atoms with E-state index in [9.17, 15) is 0 Å². The van der Waals surface area contributed by atoms with Crippen LogP contribution >= 0.6 is 11.6 Å². The van der Waals surface area contributed by atoms with Gasteiger partial charge in [-0.05, 0) is 56.1 Å². The lowest BCUT2D eigenvalue weighted by atomic mass is 9.87. The van der Waals surface area contributed by atoms with Gasteiger partial charge in [-0.3, -0.25) is 0 Å². The molecule has 2 bridgehead atoms. The molecule has 1 fully saturated rings. The van der Waals surface area contributed by atoms with Crippen molar-refractivity contribution in [1.29, 1.82) is 0 Å². The van der Waals surface area contributed by atoms with E-state index in [4.69, 9.17) is 11.6 Å². The van der Waals surface area contributed by atoms with Gasteiger partial charge >= 0.3 is 0 Å². The highest BCUT2D eigenvalue weighted by atomic mass is 35.5. The van der Waals surface area contributed by atoms with Gasteiger partial charge < -0.3 is 5.32 Å². The summed E-state index contributed by atoms with van der Waals surface area (Å²) in [5.74, 6) is 2.36. The summed E-state index contributed by atoms with van der Waals surface area (Å²) in [6, 6.07) is 2.57. The van der Waals surface area contributed by atoms with E-state index in [1.165, 1.54) is 12.8 Å². The fraction of sp³-hybridized carbons (Fsp3) is 0.533. The van der Waals surface area contributed by atoms with Crippen LogP contribution in [0.15, 0.2) is 24.4 Å². The molecule has 3 rings (SSSR count). The summed E-state index contributed by atoms with van der Waals surface area (Å²) >= 11 is 5.95. The Labute approximate surface area is 113 Å². The number of pyridine rings is 1. The largest absolute Gasteiger partial charge is 0.381 e. The molecule has 4 atom stereocenters. The molecule has 2 nitrogen and oxygen atoms in total. The molecule has 4 unspecified atom stereocenters. The Morgan fingerprint density at radius 1 is 1.39 bits per heavy atom. The van der Waals surface area contributed by atoms with Gasteiger partial charge in [-0.15, -0.1) is 0 Å². The molecule has 3 heteroatoms. The van der Waals surface area contributed by atoms with Gasteiger partial charge in [0.1, 0.15) is 5.15 Å². The molecule has 1 saturated carbocycles. The van der Waals surface area contributed by atoms with E-state index >= 15 is 0 Å². The minimum Gasteiger partial charge on any atom is -0.381 e. The van der Waals surface area contributed by atoms with Crippen molar-refractivity contribution in [3.8, 4) is 0 Å². The molecule has 1 heterocycles. The van der Waals surface area contributed by atoms with Gasteiger partial charge in [0.05, 0.1) is 11.9 Å². The van der Waals surface area contributed by atoms with Crippen LogP contribution in [-0.4, -0.2) is 11.0 Å². The molecule has 1 N–H and O–H groups in total. The molecule has 96 valence electrons. The van der Waals surface area contributed by atoms with Gasteiger partial charge in [0.25, 0.3) is 0 Å². The summed E-state index contributed by atoms with van der Waals surface area (Å²) < 4.78 is 0. The van der Waals surface area contributed by atoms with E-state index in [0.717, 1.165) is 29.0 Å². The predicted molar refractivity (Wildman–Crippen MR) is 75.9 cm³/mol. The normalized spacial score (nSPS) is 30.7. The average Bonchev–Trinajstić information content (AvgIpc) is 2.96. The van der Waals surface area contributed by atoms with Crippen LogP contribution in [-0.2, 0) is 0 Å². The summed E-state index contributed by atoms with van der Waals surface area (Å²) in [6.07, 6.45) is 9.31. The second kappa shape index (κ2) is 4.58. The number of halogens is 1. The molecule has 18 heavy (non-hydrogen) atoms. The molecular formula is C15H19ClN2. The summed E-state index contributed by atoms with van der Waals surface area (Å²) in [5.41, 5.74) is 2.11. The fourth-order valence-electron chi connectivity index (χ4n) is 3.41. The number of fused-ring (bicyclic) bond motifs is 2. The van der Waals surface area contributed by atoms with Crippen LogP contribution in [0.1, 0.15) is 25.3 Å². The zero-order valence-electron chi connectivity index (χ0n) is 10.9. The third-order valence-electron chi connectivity index (χ3n) is 4.38. The summed E-state index contributed by atoms with van der Waals surface area (Å²) in [5, 5.41) is 4.18. The van der Waals surface area contributed by atoms with Gasteiger partial charge in [0.15, 0.2) is 0 Å². The standard InChI is InChI=1S/C15H19ClN2/c1-9-5-13(8-17-15(9)16)18-10(2)14-7-11-3-4-12(14)6-11/h3-5,8,10-12,14,18H,6-7H2,1-2H3. The molecule has 0 amide bonds. The van der Waals surface area contributed by atoms with Gasteiger partial charge in [-0.25, -0.2) is 4.98 Å². The van der Waals surface area contributed by atoms with Gasteiger partial charge in [0.2, 0.25) is 0 Å². The van der Waals surface area contributed by atoms with Crippen LogP contribution in [0.4, 0.5) is 5.69 Å². The van der Waals surface area contributed by atoms with Crippen LogP contribution in [0.25, 0.3) is 0 Å². The molecule has 2 aliphatic carbocycles. The van der Waals surface area contributed by atoms with Crippen molar-refractivity contribution < 1.29 is 0 Å². The number of nitrogens with zero attached hydrogens (tertiary/aromatic N) is 1. The lowest BCUT2D eigenvalue weighted by Crippen LogP contribution is -2.28. The van der Waals surface area contributed by atoms with Crippen molar-refractivity contribution in [2.75, 3.05) is 5.32 Å². The number of nitrogens with one attached hydrogen (secondary N) is 1. The van der Waals surface area contributed by atoms with E-state index in [-0.39, 0.29) is 0 Å². The SMILES string of the molecule is Cc1cc(NC(C)C2CC3C=CC2C3)cnc1Cl. The first kappa shape index (κ1) is 12.0. The average molecular weight is 263 g/mol. The number of allylic oxidation sites excluding steroid dienone is 2. The van der Waals surface area contributed by atoms with E-state index in [1.54, 1.807) is 0 Å². The smallest absolute Gasteiger partial charge is 0.132 e. The quantitative estimate of drug-likeness (QED) is 0.656. The Kier molecular flexibility index (Phi) is 3.06. The first-order valence-electron chi connectivity index (χ1n) is 6.70. The van der Waals surface area contributed by atoms with E-state index in [1.807, 2.05) is 13.1 Å². The monoisotopic (exact) mass is 262 g/mol.